The van der Waals surface area contributed by atoms with E-state index in [9.17, 15) is 9.90 Å². The minimum Gasteiger partial charge on any atom is -0.493 e. The van der Waals surface area contributed by atoms with Gasteiger partial charge >= 0.3 is 0 Å². The van der Waals surface area contributed by atoms with Crippen LogP contribution in [0.15, 0.2) is 11.1 Å². The van der Waals surface area contributed by atoms with Crippen molar-refractivity contribution in [2.45, 2.75) is 6.04 Å². The molecule has 1 aliphatic rings. The average molecular weight is 213 g/mol. The van der Waals surface area contributed by atoms with Gasteiger partial charge in [-0.1, -0.05) is 0 Å². The lowest BCUT2D eigenvalue weighted by molar-refractivity contribution is 0.429. The lowest BCUT2D eigenvalue weighted by Gasteiger charge is -2.22. The highest BCUT2D eigenvalue weighted by molar-refractivity contribution is 7.99. The van der Waals surface area contributed by atoms with Crippen LogP contribution in [0.5, 0.6) is 5.88 Å². The van der Waals surface area contributed by atoms with Gasteiger partial charge in [0.2, 0.25) is 5.88 Å². The van der Waals surface area contributed by atoms with E-state index in [-0.39, 0.29) is 17.5 Å². The van der Waals surface area contributed by atoms with Crippen molar-refractivity contribution in [3.05, 3.63) is 22.2 Å². The molecule has 1 fully saturated rings. The molecule has 2 rings (SSSR count). The number of nitrogens with zero attached hydrogens (tertiary/aromatic N) is 1. The third kappa shape index (κ3) is 1.76. The molecule has 0 aromatic carbocycles. The van der Waals surface area contributed by atoms with Gasteiger partial charge in [0.1, 0.15) is 0 Å². The predicted molar refractivity (Wildman–Crippen MR) is 54.6 cm³/mol. The molecular formula is C8H11N3O2S. The number of hydrogen-bond acceptors (Lipinski definition) is 5. The molecule has 0 aliphatic carbocycles. The van der Waals surface area contributed by atoms with E-state index in [2.05, 4.69) is 15.3 Å². The van der Waals surface area contributed by atoms with E-state index in [4.69, 9.17) is 0 Å². The molecule has 0 radical (unpaired) electrons. The van der Waals surface area contributed by atoms with E-state index in [1.807, 2.05) is 0 Å². The van der Waals surface area contributed by atoms with Gasteiger partial charge in [0, 0.05) is 18.1 Å². The molecule has 0 saturated carbocycles. The van der Waals surface area contributed by atoms with E-state index < -0.39 is 0 Å². The molecule has 1 unspecified atom stereocenters. The SMILES string of the molecule is O=c1[nH]cnc(O)c1C1CSCCN1. The number of H-pyrrole nitrogens is 1. The van der Waals surface area contributed by atoms with Gasteiger partial charge in [-0.3, -0.25) is 4.79 Å². The van der Waals surface area contributed by atoms with Crippen LogP contribution in [0, 0.1) is 0 Å². The predicted octanol–water partition coefficient (Wildman–Crippen LogP) is -0.147. The lowest BCUT2D eigenvalue weighted by atomic mass is 10.1. The Morgan fingerprint density at radius 2 is 2.50 bits per heavy atom. The zero-order valence-corrected chi connectivity index (χ0v) is 8.30. The Bertz CT molecular complexity index is 373. The van der Waals surface area contributed by atoms with Gasteiger partial charge in [-0.15, -0.1) is 0 Å². The van der Waals surface area contributed by atoms with Gasteiger partial charge in [-0.25, -0.2) is 4.98 Å². The van der Waals surface area contributed by atoms with Crippen molar-refractivity contribution in [2.75, 3.05) is 18.1 Å². The molecule has 3 N–H and O–H groups in total. The van der Waals surface area contributed by atoms with Crippen molar-refractivity contribution in [1.82, 2.24) is 15.3 Å². The molecule has 0 amide bonds. The molecule has 0 spiro atoms. The summed E-state index contributed by atoms with van der Waals surface area (Å²) in [5, 5.41) is 12.6. The second-order valence-corrected chi connectivity index (χ2v) is 4.20. The van der Waals surface area contributed by atoms with E-state index in [1.165, 1.54) is 6.33 Å². The number of thioether (sulfide) groups is 1. The molecule has 6 heteroatoms. The first kappa shape index (κ1) is 9.54. The van der Waals surface area contributed by atoms with Crippen LogP contribution in [0.2, 0.25) is 0 Å². The van der Waals surface area contributed by atoms with Crippen LogP contribution in [0.25, 0.3) is 0 Å². The first-order valence-corrected chi connectivity index (χ1v) is 5.52. The number of hydrogen-bond donors (Lipinski definition) is 3. The molecule has 14 heavy (non-hydrogen) atoms. The Balaban J connectivity index is 2.34. The molecule has 2 heterocycles. The van der Waals surface area contributed by atoms with Crippen LogP contribution in [0.4, 0.5) is 0 Å². The molecule has 5 nitrogen and oxygen atoms in total. The fourth-order valence-corrected chi connectivity index (χ4v) is 2.41. The average Bonchev–Trinajstić information content (AvgIpc) is 2.19. The van der Waals surface area contributed by atoms with Crippen LogP contribution < -0.4 is 10.9 Å². The molecule has 1 aromatic heterocycles. The fourth-order valence-electron chi connectivity index (χ4n) is 1.47. The first-order chi connectivity index (χ1) is 6.79. The molecule has 1 aromatic rings. The van der Waals surface area contributed by atoms with Crippen molar-refractivity contribution >= 4 is 11.8 Å². The lowest BCUT2D eigenvalue weighted by Crippen LogP contribution is -2.34. The molecule has 76 valence electrons. The first-order valence-electron chi connectivity index (χ1n) is 4.36. The van der Waals surface area contributed by atoms with Crippen molar-refractivity contribution in [3.63, 3.8) is 0 Å². The highest BCUT2D eigenvalue weighted by Gasteiger charge is 2.21. The van der Waals surface area contributed by atoms with Crippen LogP contribution in [0.3, 0.4) is 0 Å². The van der Waals surface area contributed by atoms with Crippen molar-refractivity contribution < 1.29 is 5.11 Å². The summed E-state index contributed by atoms with van der Waals surface area (Å²) >= 11 is 1.76. The summed E-state index contributed by atoms with van der Waals surface area (Å²) in [6.45, 7) is 0.850. The van der Waals surface area contributed by atoms with Crippen LogP contribution in [-0.2, 0) is 0 Å². The van der Waals surface area contributed by atoms with Gasteiger partial charge < -0.3 is 15.4 Å². The number of aromatic amines is 1. The van der Waals surface area contributed by atoms with E-state index in [1.54, 1.807) is 11.8 Å². The quantitative estimate of drug-likeness (QED) is 0.605. The summed E-state index contributed by atoms with van der Waals surface area (Å²) in [5.41, 5.74) is 0.0807. The maximum Gasteiger partial charge on any atom is 0.259 e. The van der Waals surface area contributed by atoms with E-state index >= 15 is 0 Å². The minimum absolute atomic E-state index is 0.0915. The normalized spacial score (nSPS) is 22.1. The van der Waals surface area contributed by atoms with Crippen molar-refractivity contribution in [3.8, 4) is 5.88 Å². The van der Waals surface area contributed by atoms with E-state index in [0.717, 1.165) is 18.1 Å². The standard InChI is InChI=1S/C8H11N3O2S/c12-7-6(8(13)11-4-10-7)5-3-14-2-1-9-5/h4-5,9H,1-3H2,(H2,10,11,12,13). The van der Waals surface area contributed by atoms with Gasteiger partial charge in [-0.05, 0) is 0 Å². The second-order valence-electron chi connectivity index (χ2n) is 3.05. The summed E-state index contributed by atoms with van der Waals surface area (Å²) in [5.74, 6) is 1.66. The smallest absolute Gasteiger partial charge is 0.259 e. The van der Waals surface area contributed by atoms with Gasteiger partial charge in [0.15, 0.2) is 0 Å². The summed E-state index contributed by atoms with van der Waals surface area (Å²) in [6.07, 6.45) is 1.21. The number of nitrogens with one attached hydrogen (secondary N) is 2. The molecule has 0 bridgehead atoms. The van der Waals surface area contributed by atoms with Crippen LogP contribution in [0.1, 0.15) is 11.6 Å². The fraction of sp³-hybridized carbons (Fsp3) is 0.500. The Morgan fingerprint density at radius 1 is 1.64 bits per heavy atom. The number of aromatic nitrogens is 2. The Morgan fingerprint density at radius 3 is 3.14 bits per heavy atom. The summed E-state index contributed by atoms with van der Waals surface area (Å²) in [7, 11) is 0. The van der Waals surface area contributed by atoms with Crippen molar-refractivity contribution in [2.24, 2.45) is 0 Å². The van der Waals surface area contributed by atoms with Gasteiger partial charge in [0.25, 0.3) is 5.56 Å². The maximum atomic E-state index is 11.4. The maximum absolute atomic E-state index is 11.4. The third-order valence-electron chi connectivity index (χ3n) is 2.14. The monoisotopic (exact) mass is 213 g/mol. The van der Waals surface area contributed by atoms with Gasteiger partial charge in [0.05, 0.1) is 17.9 Å². The highest BCUT2D eigenvalue weighted by Crippen LogP contribution is 2.23. The molecule has 1 saturated heterocycles. The number of rotatable bonds is 1. The summed E-state index contributed by atoms with van der Waals surface area (Å²) in [4.78, 5) is 17.6. The minimum atomic E-state index is -0.266. The zero-order chi connectivity index (χ0) is 9.97. The Hall–Kier alpha value is -1.01. The molecule has 1 atom stereocenters. The Kier molecular flexibility index (Phi) is 2.74. The number of aromatic hydroxyl groups is 1. The Labute approximate surface area is 85.0 Å². The highest BCUT2D eigenvalue weighted by atomic mass is 32.2. The second kappa shape index (κ2) is 4.02. The van der Waals surface area contributed by atoms with Gasteiger partial charge in [-0.2, -0.15) is 11.8 Å². The van der Waals surface area contributed by atoms with E-state index in [0.29, 0.717) is 5.56 Å². The summed E-state index contributed by atoms with van der Waals surface area (Å²) in [6, 6.07) is -0.0915. The topological polar surface area (TPSA) is 78.0 Å². The zero-order valence-electron chi connectivity index (χ0n) is 7.49. The van der Waals surface area contributed by atoms with Crippen LogP contribution in [-0.4, -0.2) is 33.1 Å². The largest absolute Gasteiger partial charge is 0.493 e. The third-order valence-corrected chi connectivity index (χ3v) is 3.20. The van der Waals surface area contributed by atoms with Crippen molar-refractivity contribution in [1.29, 1.82) is 0 Å². The molecular weight excluding hydrogens is 202 g/mol. The molecule has 1 aliphatic heterocycles. The summed E-state index contributed by atoms with van der Waals surface area (Å²) < 4.78 is 0. The van der Waals surface area contributed by atoms with Crippen LogP contribution >= 0.6 is 11.8 Å².